The third-order valence-electron chi connectivity index (χ3n) is 9.26. The number of carbonyl (C=O) groups excluding carboxylic acids is 1. The Morgan fingerprint density at radius 1 is 1.04 bits per heavy atom. The number of carbonyl (C=O) groups is 1. The first-order valence-corrected chi connectivity index (χ1v) is 16.9. The van der Waals surface area contributed by atoms with Crippen LogP contribution in [0.5, 0.6) is 5.75 Å². The average molecular weight is 667 g/mol. The Kier molecular flexibility index (Phi) is 8.80. The molecule has 0 fully saturated rings. The van der Waals surface area contributed by atoms with Crippen molar-refractivity contribution in [3.8, 4) is 39.4 Å². The number of halogens is 2. The lowest BCUT2D eigenvalue weighted by molar-refractivity contribution is -0.129. The van der Waals surface area contributed by atoms with E-state index in [9.17, 15) is 9.18 Å². The van der Waals surface area contributed by atoms with Crippen molar-refractivity contribution in [1.29, 1.82) is 0 Å². The highest BCUT2D eigenvalue weighted by molar-refractivity contribution is 7.18. The number of aromatic nitrogens is 2. The van der Waals surface area contributed by atoms with Crippen LogP contribution in [0.25, 0.3) is 43.7 Å². The van der Waals surface area contributed by atoms with Crippen LogP contribution in [0.2, 0.25) is 0 Å². The number of fused-ring (bicyclic) bond motifs is 3. The number of nitrogens with zero attached hydrogens (tertiary/aromatic N) is 4. The highest BCUT2D eigenvalue weighted by atomic mass is 32.1. The van der Waals surface area contributed by atoms with Gasteiger partial charge in [-0.2, -0.15) is 0 Å². The van der Waals surface area contributed by atoms with E-state index in [0.29, 0.717) is 29.8 Å². The van der Waals surface area contributed by atoms with Crippen molar-refractivity contribution in [3.05, 3.63) is 101 Å². The molecular weight excluding hydrogens is 631 g/mol. The van der Waals surface area contributed by atoms with Crippen molar-refractivity contribution in [2.45, 2.75) is 38.9 Å². The molecule has 2 aliphatic rings. The number of pyridine rings is 2. The molecule has 0 spiro atoms. The van der Waals surface area contributed by atoms with Gasteiger partial charge >= 0.3 is 0 Å². The molecule has 5 aromatic rings. The van der Waals surface area contributed by atoms with Crippen molar-refractivity contribution in [2.75, 3.05) is 33.9 Å². The van der Waals surface area contributed by atoms with Gasteiger partial charge in [0.2, 0.25) is 5.91 Å². The van der Waals surface area contributed by atoms with Gasteiger partial charge in [0.1, 0.15) is 24.0 Å². The normalized spacial score (nSPS) is 16.1. The smallest absolute Gasteiger partial charge is 0.246 e. The first kappa shape index (κ1) is 32.1. The predicted molar refractivity (Wildman–Crippen MR) is 185 cm³/mol. The predicted octanol–water partition coefficient (Wildman–Crippen LogP) is 7.44. The van der Waals surface area contributed by atoms with Crippen LogP contribution >= 0.6 is 11.3 Å². The van der Waals surface area contributed by atoms with E-state index < -0.39 is 11.6 Å². The van der Waals surface area contributed by atoms with Crippen molar-refractivity contribution < 1.29 is 23.0 Å². The largest absolute Gasteiger partial charge is 0.490 e. The lowest BCUT2D eigenvalue weighted by Crippen LogP contribution is -2.42. The van der Waals surface area contributed by atoms with Crippen LogP contribution in [-0.4, -0.2) is 65.6 Å². The Hall–Kier alpha value is -4.51. The zero-order valence-electron chi connectivity index (χ0n) is 27.2. The third-order valence-corrected chi connectivity index (χ3v) is 10.2. The summed E-state index contributed by atoms with van der Waals surface area (Å²) in [5.74, 6) is -1.58. The minimum Gasteiger partial charge on any atom is -0.490 e. The summed E-state index contributed by atoms with van der Waals surface area (Å²) in [5.41, 5.74) is 7.88. The molecule has 246 valence electrons. The molecule has 1 unspecified atom stereocenters. The molecule has 10 heteroatoms. The molecule has 2 aliphatic heterocycles. The van der Waals surface area contributed by atoms with Gasteiger partial charge < -0.3 is 19.3 Å². The molecule has 7 rings (SSSR count). The molecular formula is C38H36F2N4O3S. The van der Waals surface area contributed by atoms with Gasteiger partial charge in [0.05, 0.1) is 23.6 Å². The first-order chi connectivity index (χ1) is 23.2. The van der Waals surface area contributed by atoms with Gasteiger partial charge in [-0.05, 0) is 66.7 Å². The van der Waals surface area contributed by atoms with E-state index in [2.05, 4.69) is 36.7 Å². The molecule has 0 saturated heterocycles. The van der Waals surface area contributed by atoms with Gasteiger partial charge in [0.15, 0.2) is 0 Å². The number of amides is 1. The fourth-order valence-corrected chi connectivity index (χ4v) is 7.75. The van der Waals surface area contributed by atoms with Crippen LogP contribution in [0, 0.1) is 11.6 Å². The van der Waals surface area contributed by atoms with Crippen LogP contribution in [0.3, 0.4) is 0 Å². The molecule has 0 saturated carbocycles. The maximum absolute atomic E-state index is 16.1. The highest BCUT2D eigenvalue weighted by Crippen LogP contribution is 2.47. The van der Waals surface area contributed by atoms with E-state index in [1.165, 1.54) is 34.6 Å². The summed E-state index contributed by atoms with van der Waals surface area (Å²) in [6.45, 7) is 8.26. The summed E-state index contributed by atoms with van der Waals surface area (Å²) >= 11 is 1.47. The Balaban J connectivity index is 1.47. The summed E-state index contributed by atoms with van der Waals surface area (Å²) in [5, 5.41) is 2.83. The highest BCUT2D eigenvalue weighted by Gasteiger charge is 2.29. The van der Waals surface area contributed by atoms with Gasteiger partial charge in [0, 0.05) is 90.0 Å². The van der Waals surface area contributed by atoms with Gasteiger partial charge in [-0.1, -0.05) is 18.7 Å². The molecule has 7 nitrogen and oxygen atoms in total. The van der Waals surface area contributed by atoms with Crippen molar-refractivity contribution in [2.24, 2.45) is 0 Å². The number of thiophene rings is 1. The molecule has 0 bridgehead atoms. The Labute approximate surface area is 282 Å². The van der Waals surface area contributed by atoms with Crippen molar-refractivity contribution in [1.82, 2.24) is 19.8 Å². The molecule has 0 N–H and O–H groups in total. The second kappa shape index (κ2) is 13.2. The molecule has 48 heavy (non-hydrogen) atoms. The second-order valence-electron chi connectivity index (χ2n) is 12.5. The van der Waals surface area contributed by atoms with Gasteiger partial charge in [-0.3, -0.25) is 9.78 Å². The number of benzene rings is 2. The summed E-state index contributed by atoms with van der Waals surface area (Å²) in [6.07, 6.45) is 4.63. The Morgan fingerprint density at radius 2 is 1.88 bits per heavy atom. The SMILES string of the molecule is C=CC(=O)N1Cc2cc(-c3nc(-c4ccc5c(c4)CCN(C)C5)c4ccsc4c3-c3c(F)cc(F)cc3OCCOC)cnc2CC1C. The quantitative estimate of drug-likeness (QED) is 0.127. The number of ether oxygens (including phenoxy) is 2. The molecule has 5 heterocycles. The van der Waals surface area contributed by atoms with Crippen LogP contribution in [0.4, 0.5) is 8.78 Å². The lowest BCUT2D eigenvalue weighted by Gasteiger charge is -2.33. The molecule has 2 aromatic carbocycles. The zero-order valence-corrected chi connectivity index (χ0v) is 28.0. The molecule has 0 radical (unpaired) electrons. The summed E-state index contributed by atoms with van der Waals surface area (Å²) in [4.78, 5) is 26.9. The number of rotatable bonds is 8. The fourth-order valence-electron chi connectivity index (χ4n) is 6.80. The van der Waals surface area contributed by atoms with E-state index in [4.69, 9.17) is 19.4 Å². The van der Waals surface area contributed by atoms with Gasteiger partial charge in [0.25, 0.3) is 0 Å². The van der Waals surface area contributed by atoms with E-state index in [-0.39, 0.29) is 36.5 Å². The maximum Gasteiger partial charge on any atom is 0.246 e. The monoisotopic (exact) mass is 666 g/mol. The van der Waals surface area contributed by atoms with E-state index in [1.807, 2.05) is 24.4 Å². The Morgan fingerprint density at radius 3 is 2.69 bits per heavy atom. The molecule has 3 aromatic heterocycles. The van der Waals surface area contributed by atoms with E-state index in [0.717, 1.165) is 58.2 Å². The standard InChI is InChI=1S/C38H36F2N4O3S/c1-5-33(45)44-21-27-16-26(19-41-31(27)14-22(44)2)37-35(34-30(40)17-28(39)18-32(34)47-12-11-46-4)38-29(9-13-48-38)36(42-37)24-6-7-25-20-43(3)10-8-23(25)15-24/h5-7,9,13,15-19,22H,1,8,10-12,14,20-21H2,2-4H3. The van der Waals surface area contributed by atoms with Gasteiger partial charge in [-0.15, -0.1) is 11.3 Å². The molecule has 1 atom stereocenters. The number of methoxy groups -OCH3 is 1. The van der Waals surface area contributed by atoms with Crippen LogP contribution in [0.15, 0.2) is 66.7 Å². The number of hydrogen-bond donors (Lipinski definition) is 0. The fraction of sp³-hybridized carbons (Fsp3) is 0.289. The van der Waals surface area contributed by atoms with Crippen LogP contribution in [0.1, 0.15) is 29.3 Å². The topological polar surface area (TPSA) is 67.8 Å². The maximum atomic E-state index is 16.1. The minimum absolute atomic E-state index is 0.0342. The summed E-state index contributed by atoms with van der Waals surface area (Å²) in [6, 6.07) is 12.5. The first-order valence-electron chi connectivity index (χ1n) is 16.0. The van der Waals surface area contributed by atoms with E-state index in [1.54, 1.807) is 18.2 Å². The molecule has 0 aliphatic carbocycles. The summed E-state index contributed by atoms with van der Waals surface area (Å²) < 4.78 is 42.7. The lowest BCUT2D eigenvalue weighted by atomic mass is 9.92. The average Bonchev–Trinajstić information content (AvgIpc) is 3.57. The Bertz CT molecular complexity index is 2060. The number of hydrogen-bond acceptors (Lipinski definition) is 7. The van der Waals surface area contributed by atoms with Crippen molar-refractivity contribution >= 4 is 27.3 Å². The third kappa shape index (κ3) is 5.89. The minimum atomic E-state index is -0.756. The number of likely N-dealkylation sites (N-methyl/N-ethyl adjacent to an activating group) is 1. The van der Waals surface area contributed by atoms with Crippen LogP contribution in [-0.2, 0) is 35.5 Å². The molecule has 1 amide bonds. The zero-order chi connectivity index (χ0) is 33.5. The second-order valence-corrected chi connectivity index (χ2v) is 13.4. The summed E-state index contributed by atoms with van der Waals surface area (Å²) in [7, 11) is 3.67. The van der Waals surface area contributed by atoms with E-state index >= 15 is 4.39 Å². The van der Waals surface area contributed by atoms with Gasteiger partial charge in [-0.25, -0.2) is 13.8 Å². The van der Waals surface area contributed by atoms with Crippen LogP contribution < -0.4 is 4.74 Å². The van der Waals surface area contributed by atoms with Crippen molar-refractivity contribution in [3.63, 3.8) is 0 Å².